The van der Waals surface area contributed by atoms with Gasteiger partial charge in [-0.25, -0.2) is 9.37 Å². The van der Waals surface area contributed by atoms with Crippen molar-refractivity contribution in [3.05, 3.63) is 63.5 Å². The van der Waals surface area contributed by atoms with Crippen LogP contribution in [0.2, 0.25) is 0 Å². The summed E-state index contributed by atoms with van der Waals surface area (Å²) in [7, 11) is 1.90. The first-order valence-electron chi connectivity index (χ1n) is 13.0. The van der Waals surface area contributed by atoms with E-state index in [4.69, 9.17) is 4.74 Å². The van der Waals surface area contributed by atoms with Gasteiger partial charge in [-0.1, -0.05) is 0 Å². The highest BCUT2D eigenvalue weighted by atomic mass is 32.1. The molecule has 0 amide bonds. The van der Waals surface area contributed by atoms with Gasteiger partial charge in [-0.05, 0) is 44.6 Å². The number of nitrogens with one attached hydrogen (secondary N) is 1. The van der Waals surface area contributed by atoms with Crippen molar-refractivity contribution in [2.75, 3.05) is 13.2 Å². The Morgan fingerprint density at radius 1 is 1.18 bits per heavy atom. The van der Waals surface area contributed by atoms with Gasteiger partial charge in [0.1, 0.15) is 10.8 Å². The van der Waals surface area contributed by atoms with E-state index in [9.17, 15) is 14.3 Å². The molecule has 4 aromatic rings. The van der Waals surface area contributed by atoms with Crippen LogP contribution in [0.15, 0.2) is 41.7 Å². The lowest BCUT2D eigenvalue weighted by Gasteiger charge is -2.53. The number of pyridine rings is 2. The third-order valence-corrected chi connectivity index (χ3v) is 9.17. The Balaban J connectivity index is 1.12. The number of ether oxygens (including phenoxy) is 1. The quantitative estimate of drug-likeness (QED) is 0.337. The molecule has 11 heteroatoms. The molecule has 0 aromatic carbocycles. The second kappa shape index (κ2) is 9.96. The highest BCUT2D eigenvalue weighted by Gasteiger charge is 2.49. The number of fused-ring (bicyclic) bond motifs is 4. The van der Waals surface area contributed by atoms with E-state index < -0.39 is 5.82 Å². The number of thiazole rings is 1. The highest BCUT2D eigenvalue weighted by Crippen LogP contribution is 2.46. The van der Waals surface area contributed by atoms with Crippen molar-refractivity contribution in [1.29, 1.82) is 0 Å². The van der Waals surface area contributed by atoms with Gasteiger partial charge in [-0.15, -0.1) is 11.3 Å². The maximum absolute atomic E-state index is 15.0. The molecule has 9 nitrogen and oxygen atoms in total. The number of hydrogen-bond donors (Lipinski definition) is 2. The molecule has 0 spiro atoms. The van der Waals surface area contributed by atoms with Gasteiger partial charge in [-0.3, -0.25) is 14.5 Å². The molecule has 0 radical (unpaired) electrons. The summed E-state index contributed by atoms with van der Waals surface area (Å²) in [6.45, 7) is 1.26. The first kappa shape index (κ1) is 25.3. The number of halogens is 1. The van der Waals surface area contributed by atoms with Crippen molar-refractivity contribution in [1.82, 2.24) is 29.6 Å². The summed E-state index contributed by atoms with van der Waals surface area (Å²) in [6.07, 6.45) is 11.9. The van der Waals surface area contributed by atoms with Crippen LogP contribution in [-0.2, 0) is 31.3 Å². The Hall–Kier alpha value is -2.99. The number of hydrogen-bond acceptors (Lipinski definition) is 8. The van der Waals surface area contributed by atoms with Crippen molar-refractivity contribution in [2.45, 2.75) is 62.8 Å². The Labute approximate surface area is 223 Å². The van der Waals surface area contributed by atoms with Crippen LogP contribution in [0.3, 0.4) is 0 Å². The number of rotatable bonds is 9. The van der Waals surface area contributed by atoms with E-state index in [0.717, 1.165) is 42.8 Å². The molecular weight excluding hydrogens is 507 g/mol. The van der Waals surface area contributed by atoms with Gasteiger partial charge in [-0.2, -0.15) is 5.10 Å². The van der Waals surface area contributed by atoms with Crippen LogP contribution < -0.4 is 10.9 Å². The van der Waals surface area contributed by atoms with Crippen molar-refractivity contribution in [3.8, 4) is 10.6 Å². The lowest BCUT2D eigenvalue weighted by molar-refractivity contribution is -0.165. The summed E-state index contributed by atoms with van der Waals surface area (Å²) in [4.78, 5) is 22.4. The van der Waals surface area contributed by atoms with E-state index in [1.807, 2.05) is 25.6 Å². The molecule has 2 N–H and O–H groups in total. The minimum Gasteiger partial charge on any atom is -0.395 e. The lowest BCUT2D eigenvalue weighted by atomic mass is 9.69. The Bertz CT molecular complexity index is 1500. The number of aliphatic hydroxyl groups excluding tert-OH is 1. The molecule has 2 saturated heterocycles. The van der Waals surface area contributed by atoms with Crippen LogP contribution in [0.25, 0.3) is 21.6 Å². The third-order valence-electron chi connectivity index (χ3n) is 8.12. The zero-order valence-electron chi connectivity index (χ0n) is 21.3. The zero-order chi connectivity index (χ0) is 26.3. The molecule has 200 valence electrons. The van der Waals surface area contributed by atoms with Crippen LogP contribution in [0.1, 0.15) is 42.5 Å². The molecule has 0 unspecified atom stereocenters. The lowest BCUT2D eigenvalue weighted by Crippen LogP contribution is -2.61. The summed E-state index contributed by atoms with van der Waals surface area (Å²) < 4.78 is 24.7. The minimum absolute atomic E-state index is 0.0591. The van der Waals surface area contributed by atoms with Crippen LogP contribution in [-0.4, -0.2) is 53.8 Å². The maximum atomic E-state index is 15.0. The van der Waals surface area contributed by atoms with E-state index in [1.165, 1.54) is 21.7 Å². The zero-order valence-corrected chi connectivity index (χ0v) is 22.1. The van der Waals surface area contributed by atoms with Gasteiger partial charge in [0.05, 0.1) is 42.2 Å². The molecule has 1 saturated carbocycles. The topological polar surface area (TPSA) is 107 Å². The first-order valence-corrected chi connectivity index (χ1v) is 13.8. The molecule has 3 fully saturated rings. The Morgan fingerprint density at radius 2 is 2.03 bits per heavy atom. The fraction of sp³-hybridized carbons (Fsp3) is 0.481. The summed E-state index contributed by atoms with van der Waals surface area (Å²) in [5, 5.41) is 18.4. The van der Waals surface area contributed by atoms with Gasteiger partial charge >= 0.3 is 0 Å². The van der Waals surface area contributed by atoms with Crippen molar-refractivity contribution < 1.29 is 14.2 Å². The van der Waals surface area contributed by atoms with Crippen LogP contribution in [0, 0.1) is 5.82 Å². The molecule has 2 aliphatic heterocycles. The van der Waals surface area contributed by atoms with Crippen molar-refractivity contribution in [2.24, 2.45) is 7.05 Å². The third kappa shape index (κ3) is 4.68. The van der Waals surface area contributed by atoms with Gasteiger partial charge in [0, 0.05) is 60.1 Å². The van der Waals surface area contributed by atoms with E-state index in [-0.39, 0.29) is 29.9 Å². The molecule has 7 rings (SSSR count). The van der Waals surface area contributed by atoms with Crippen molar-refractivity contribution in [3.63, 3.8) is 0 Å². The van der Waals surface area contributed by atoms with E-state index in [0.29, 0.717) is 36.0 Å². The molecule has 3 aliphatic rings. The normalized spacial score (nSPS) is 22.9. The van der Waals surface area contributed by atoms with Gasteiger partial charge < -0.3 is 19.7 Å². The van der Waals surface area contributed by atoms with E-state index in [2.05, 4.69) is 20.4 Å². The number of aromatic nitrogens is 5. The smallest absolute Gasteiger partial charge is 0.251 e. The van der Waals surface area contributed by atoms with Gasteiger partial charge in [0.15, 0.2) is 0 Å². The van der Waals surface area contributed by atoms with E-state index >= 15 is 0 Å². The molecule has 6 heterocycles. The highest BCUT2D eigenvalue weighted by molar-refractivity contribution is 7.15. The molecule has 1 aliphatic carbocycles. The minimum atomic E-state index is -0.427. The number of aryl methyl sites for hydroxylation is 2. The van der Waals surface area contributed by atoms with Crippen LogP contribution >= 0.6 is 11.3 Å². The van der Waals surface area contributed by atoms with Gasteiger partial charge in [0.2, 0.25) is 0 Å². The van der Waals surface area contributed by atoms with Gasteiger partial charge in [0.25, 0.3) is 5.56 Å². The first-order chi connectivity index (χ1) is 18.4. The van der Waals surface area contributed by atoms with Crippen LogP contribution in [0.4, 0.5) is 4.39 Å². The monoisotopic (exact) mass is 538 g/mol. The fourth-order valence-corrected chi connectivity index (χ4v) is 6.69. The molecule has 0 atom stereocenters. The summed E-state index contributed by atoms with van der Waals surface area (Å²) in [5.74, 6) is -0.427. The van der Waals surface area contributed by atoms with Crippen molar-refractivity contribution >= 4 is 22.4 Å². The Morgan fingerprint density at radius 3 is 2.74 bits per heavy atom. The predicted molar refractivity (Wildman–Crippen MR) is 142 cm³/mol. The summed E-state index contributed by atoms with van der Waals surface area (Å²) in [6, 6.07) is 3.03. The largest absolute Gasteiger partial charge is 0.395 e. The second-order valence-electron chi connectivity index (χ2n) is 10.5. The average molecular weight is 539 g/mol. The standard InChI is InChI=1S/C27H31FN6O3S/c1-33-16-18(12-32-33)25-30-13-19(38-25)14-31-26-6-8-27(9-7-26,37-17-26)5-4-20-21(28)15-29-22-2-3-23(36)34(10-11-35)24(20)22/h2-3,12-13,15-16,31,35H,4-11,14,17H2,1H3. The SMILES string of the molecule is Cn1cc(-c2ncc(CNC34CCC(CCc5c(F)cnc6ccc(=O)n(CCO)c56)(CC3)OC4)s2)cn1. The Kier molecular flexibility index (Phi) is 6.63. The fourth-order valence-electron chi connectivity index (χ4n) is 5.86. The molecule has 38 heavy (non-hydrogen) atoms. The molecule has 2 bridgehead atoms. The van der Waals surface area contributed by atoms with E-state index in [1.54, 1.807) is 22.1 Å². The second-order valence-corrected chi connectivity index (χ2v) is 11.6. The summed E-state index contributed by atoms with van der Waals surface area (Å²) >= 11 is 1.67. The number of aliphatic hydroxyl groups is 1. The molecular formula is C27H31FN6O3S. The average Bonchev–Trinajstić information content (AvgIpc) is 3.59. The number of nitrogens with zero attached hydrogens (tertiary/aromatic N) is 5. The summed E-state index contributed by atoms with van der Waals surface area (Å²) in [5.41, 5.74) is 1.90. The molecule has 4 aromatic heterocycles. The van der Waals surface area contributed by atoms with Crippen LogP contribution in [0.5, 0.6) is 0 Å². The predicted octanol–water partition coefficient (Wildman–Crippen LogP) is 3.19. The maximum Gasteiger partial charge on any atom is 0.251 e.